The van der Waals surface area contributed by atoms with E-state index in [0.717, 1.165) is 34.9 Å². The Bertz CT molecular complexity index is 1280. The molecule has 0 amide bonds. The second-order valence-electron chi connectivity index (χ2n) is 10.2. The van der Waals surface area contributed by atoms with Gasteiger partial charge < -0.3 is 19.2 Å². The smallest absolute Gasteiger partial charge is 0.156 e. The molecule has 0 aliphatic heterocycles. The summed E-state index contributed by atoms with van der Waals surface area (Å²) in [5.74, 6) is -0.0102. The van der Waals surface area contributed by atoms with Gasteiger partial charge in [0.2, 0.25) is 0 Å². The van der Waals surface area contributed by atoms with Gasteiger partial charge in [-0.15, -0.1) is 0 Å². The minimum atomic E-state index is -1.50. The van der Waals surface area contributed by atoms with Crippen LogP contribution >= 0.6 is 11.6 Å². The van der Waals surface area contributed by atoms with Crippen LogP contribution in [-0.4, -0.2) is 39.9 Å². The first-order valence-electron chi connectivity index (χ1n) is 12.1. The fourth-order valence-electron chi connectivity index (χ4n) is 5.05. The molecule has 4 heterocycles. The zero-order chi connectivity index (χ0) is 23.9. The van der Waals surface area contributed by atoms with Gasteiger partial charge in [0.25, 0.3) is 0 Å². The lowest BCUT2D eigenvalue weighted by Crippen LogP contribution is -2.15. The number of fused-ring (bicyclic) bond motifs is 2. The summed E-state index contributed by atoms with van der Waals surface area (Å²) in [5, 5.41) is 17.7. The maximum Gasteiger partial charge on any atom is 0.156 e. The topological polar surface area (TPSA) is 88.5 Å². The average Bonchev–Trinajstić information content (AvgIpc) is 3.19. The largest absolute Gasteiger partial charge is 0.366 e. The summed E-state index contributed by atoms with van der Waals surface area (Å²) in [4.78, 5) is 13.2. The van der Waals surface area contributed by atoms with Crippen LogP contribution in [0.15, 0.2) is 43.1 Å². The lowest BCUT2D eigenvalue weighted by Gasteiger charge is -2.14. The number of pyridine rings is 1. The molecule has 0 aromatic carbocycles. The molecule has 2 aliphatic carbocycles. The van der Waals surface area contributed by atoms with Crippen molar-refractivity contribution in [2.75, 3.05) is 0 Å². The van der Waals surface area contributed by atoms with Crippen LogP contribution in [0.4, 0.5) is 0 Å². The molecule has 2 saturated carbocycles. The highest BCUT2D eigenvalue weighted by molar-refractivity contribution is 6.33. The van der Waals surface area contributed by atoms with Gasteiger partial charge in [-0.25, -0.2) is 15.0 Å². The Labute approximate surface area is 204 Å². The molecule has 2 atom stereocenters. The fourth-order valence-corrected chi connectivity index (χ4v) is 5.24. The Hall–Kier alpha value is -2.48. The summed E-state index contributed by atoms with van der Waals surface area (Å²) < 4.78 is 4.58. The SMILES string of the molecule is CC(C)(O)O.Clc1ncnc2c1ccn2C1CCC(CCc2ccn3c(C4CC4)cnc3c2)C1. The van der Waals surface area contributed by atoms with Crippen LogP contribution in [0.5, 0.6) is 0 Å². The zero-order valence-corrected chi connectivity index (χ0v) is 20.5. The summed E-state index contributed by atoms with van der Waals surface area (Å²) in [6.07, 6.45) is 16.7. The molecule has 8 heteroatoms. The normalized spacial score (nSPS) is 20.6. The van der Waals surface area contributed by atoms with E-state index >= 15 is 0 Å². The van der Waals surface area contributed by atoms with Crippen LogP contribution in [0.3, 0.4) is 0 Å². The first-order chi connectivity index (χ1) is 16.3. The fraction of sp³-hybridized carbons (Fsp3) is 0.500. The minimum Gasteiger partial charge on any atom is -0.366 e. The van der Waals surface area contributed by atoms with E-state index < -0.39 is 5.79 Å². The second-order valence-corrected chi connectivity index (χ2v) is 10.6. The summed E-state index contributed by atoms with van der Waals surface area (Å²) in [7, 11) is 0. The first-order valence-corrected chi connectivity index (χ1v) is 12.5. The van der Waals surface area contributed by atoms with Crippen LogP contribution in [-0.2, 0) is 6.42 Å². The van der Waals surface area contributed by atoms with Crippen molar-refractivity contribution in [3.8, 4) is 0 Å². The predicted octanol–water partition coefficient (Wildman–Crippen LogP) is 5.29. The highest BCUT2D eigenvalue weighted by atomic mass is 35.5. The number of hydrogen-bond acceptors (Lipinski definition) is 5. The number of aryl methyl sites for hydroxylation is 1. The Kier molecular flexibility index (Phi) is 6.35. The van der Waals surface area contributed by atoms with E-state index in [1.54, 1.807) is 6.33 Å². The maximum absolute atomic E-state index is 8.08. The molecular weight excluding hydrogens is 450 g/mol. The lowest BCUT2D eigenvalue weighted by atomic mass is 9.98. The number of nitrogens with zero attached hydrogens (tertiary/aromatic N) is 5. The molecule has 4 aromatic heterocycles. The maximum atomic E-state index is 8.08. The number of halogens is 1. The summed E-state index contributed by atoms with van der Waals surface area (Å²) in [6, 6.07) is 7.11. The second kappa shape index (κ2) is 9.29. The third kappa shape index (κ3) is 5.27. The van der Waals surface area contributed by atoms with Crippen molar-refractivity contribution in [2.24, 2.45) is 5.92 Å². The molecule has 0 spiro atoms. The predicted molar refractivity (Wildman–Crippen MR) is 133 cm³/mol. The van der Waals surface area contributed by atoms with E-state index in [1.165, 1.54) is 63.6 Å². The van der Waals surface area contributed by atoms with E-state index in [9.17, 15) is 0 Å². The van der Waals surface area contributed by atoms with Crippen LogP contribution in [0.2, 0.25) is 5.15 Å². The van der Waals surface area contributed by atoms with E-state index in [1.807, 2.05) is 6.07 Å². The summed E-state index contributed by atoms with van der Waals surface area (Å²) in [5.41, 5.74) is 4.85. The monoisotopic (exact) mass is 481 g/mol. The van der Waals surface area contributed by atoms with Crippen LogP contribution in [0.1, 0.15) is 75.6 Å². The third-order valence-electron chi connectivity index (χ3n) is 6.81. The van der Waals surface area contributed by atoms with Gasteiger partial charge in [-0.2, -0.15) is 0 Å². The van der Waals surface area contributed by atoms with E-state index in [0.29, 0.717) is 11.2 Å². The molecular formula is C26H32ClN5O2. The number of rotatable bonds is 5. The molecule has 7 nitrogen and oxygen atoms in total. The molecule has 2 aliphatic rings. The van der Waals surface area contributed by atoms with Gasteiger partial charge in [-0.05, 0) is 88.5 Å². The molecule has 2 unspecified atom stereocenters. The Morgan fingerprint density at radius 2 is 1.85 bits per heavy atom. The summed E-state index contributed by atoms with van der Waals surface area (Å²) in [6.45, 7) is 2.60. The van der Waals surface area contributed by atoms with Gasteiger partial charge >= 0.3 is 0 Å². The van der Waals surface area contributed by atoms with E-state index in [-0.39, 0.29) is 0 Å². The molecule has 0 saturated heterocycles. The van der Waals surface area contributed by atoms with Gasteiger partial charge in [0.1, 0.15) is 22.8 Å². The Morgan fingerprint density at radius 1 is 1.06 bits per heavy atom. The van der Waals surface area contributed by atoms with E-state index in [2.05, 4.69) is 54.6 Å². The van der Waals surface area contributed by atoms with Gasteiger partial charge in [0.05, 0.1) is 5.39 Å². The Morgan fingerprint density at radius 3 is 2.62 bits per heavy atom. The molecule has 0 bridgehead atoms. The van der Waals surface area contributed by atoms with Crippen molar-refractivity contribution < 1.29 is 10.2 Å². The molecule has 6 rings (SSSR count). The van der Waals surface area contributed by atoms with Crippen molar-refractivity contribution in [1.82, 2.24) is 23.9 Å². The van der Waals surface area contributed by atoms with Gasteiger partial charge in [0, 0.05) is 36.2 Å². The average molecular weight is 482 g/mol. The molecule has 2 fully saturated rings. The highest BCUT2D eigenvalue weighted by Gasteiger charge is 2.28. The first kappa shape index (κ1) is 23.3. The van der Waals surface area contributed by atoms with Gasteiger partial charge in [0.15, 0.2) is 5.79 Å². The molecule has 2 N–H and O–H groups in total. The quantitative estimate of drug-likeness (QED) is 0.298. The lowest BCUT2D eigenvalue weighted by molar-refractivity contribution is -0.127. The highest BCUT2D eigenvalue weighted by Crippen LogP contribution is 2.41. The van der Waals surface area contributed by atoms with Gasteiger partial charge in [-0.3, -0.25) is 0 Å². The standard InChI is InChI=1S/C23H24ClN5.C3H8O2/c24-22-19-8-10-28(23(19)27-14-26-22)18-6-3-15(11-18)1-2-16-7-9-29-20(17-4-5-17)13-25-21(29)12-16;1-3(2,4)5/h7-10,12-15,17-18H,1-6,11H2;4-5H,1-2H3. The van der Waals surface area contributed by atoms with Crippen molar-refractivity contribution in [2.45, 2.75) is 76.5 Å². The van der Waals surface area contributed by atoms with Crippen molar-refractivity contribution in [3.63, 3.8) is 0 Å². The number of aromatic nitrogens is 5. The summed E-state index contributed by atoms with van der Waals surface area (Å²) >= 11 is 6.22. The van der Waals surface area contributed by atoms with Crippen LogP contribution in [0.25, 0.3) is 16.7 Å². The van der Waals surface area contributed by atoms with Gasteiger partial charge in [-0.1, -0.05) is 11.6 Å². The molecule has 180 valence electrons. The zero-order valence-electron chi connectivity index (χ0n) is 19.7. The third-order valence-corrected chi connectivity index (χ3v) is 7.11. The molecule has 0 radical (unpaired) electrons. The van der Waals surface area contributed by atoms with E-state index in [4.69, 9.17) is 21.8 Å². The van der Waals surface area contributed by atoms with Crippen molar-refractivity contribution >= 4 is 28.3 Å². The van der Waals surface area contributed by atoms with Crippen LogP contribution in [0, 0.1) is 5.92 Å². The number of imidazole rings is 1. The number of hydrogen-bond donors (Lipinski definition) is 2. The minimum absolute atomic E-state index is 0.513. The molecule has 4 aromatic rings. The van der Waals surface area contributed by atoms with Crippen molar-refractivity contribution in [1.29, 1.82) is 0 Å². The molecule has 34 heavy (non-hydrogen) atoms. The Balaban J connectivity index is 0.000000439. The number of aliphatic hydroxyl groups is 2. The van der Waals surface area contributed by atoms with Crippen LogP contribution < -0.4 is 0 Å². The van der Waals surface area contributed by atoms with Crippen molar-refractivity contribution in [3.05, 3.63) is 59.5 Å².